The first-order valence-electron chi connectivity index (χ1n) is 6.72. The van der Waals surface area contributed by atoms with E-state index in [4.69, 9.17) is 17.3 Å². The minimum absolute atomic E-state index is 0.398. The van der Waals surface area contributed by atoms with Crippen molar-refractivity contribution in [1.82, 2.24) is 4.98 Å². The molecule has 0 aromatic carbocycles. The van der Waals surface area contributed by atoms with Crippen molar-refractivity contribution in [3.8, 4) is 0 Å². The van der Waals surface area contributed by atoms with Gasteiger partial charge in [-0.15, -0.1) is 0 Å². The quantitative estimate of drug-likeness (QED) is 0.915. The van der Waals surface area contributed by atoms with Crippen molar-refractivity contribution >= 4 is 17.4 Å². The number of hydrogen-bond donors (Lipinski definition) is 1. The maximum atomic E-state index is 6.04. The molecule has 1 aromatic heterocycles. The summed E-state index contributed by atoms with van der Waals surface area (Å²) in [4.78, 5) is 6.89. The molecule has 1 aliphatic heterocycles. The third kappa shape index (κ3) is 2.96. The van der Waals surface area contributed by atoms with E-state index in [-0.39, 0.29) is 0 Å². The third-order valence-corrected chi connectivity index (χ3v) is 4.25. The van der Waals surface area contributed by atoms with Crippen LogP contribution in [-0.4, -0.2) is 18.1 Å². The van der Waals surface area contributed by atoms with Gasteiger partial charge >= 0.3 is 0 Å². The first-order chi connectivity index (χ1) is 8.61. The standard InChI is InChI=1S/C14H22ClN3/c1-10(2)11-5-7-18(8-6-11)14-4-3-12(15)13(9-16)17-14/h3-4,10-11H,5-9,16H2,1-2H3. The Labute approximate surface area is 114 Å². The summed E-state index contributed by atoms with van der Waals surface area (Å²) in [7, 11) is 0. The molecule has 100 valence electrons. The molecule has 0 atom stereocenters. The highest BCUT2D eigenvalue weighted by molar-refractivity contribution is 6.31. The highest BCUT2D eigenvalue weighted by Crippen LogP contribution is 2.28. The maximum Gasteiger partial charge on any atom is 0.128 e. The second-order valence-electron chi connectivity index (χ2n) is 5.37. The Morgan fingerprint density at radius 2 is 2.06 bits per heavy atom. The molecule has 0 spiro atoms. The zero-order chi connectivity index (χ0) is 13.1. The van der Waals surface area contributed by atoms with E-state index in [9.17, 15) is 0 Å². The molecule has 0 saturated carbocycles. The molecule has 0 amide bonds. The first kappa shape index (κ1) is 13.6. The fourth-order valence-corrected chi connectivity index (χ4v) is 2.77. The number of aromatic nitrogens is 1. The molecule has 1 aromatic rings. The highest BCUT2D eigenvalue weighted by Gasteiger charge is 2.22. The van der Waals surface area contributed by atoms with Crippen LogP contribution in [0.15, 0.2) is 12.1 Å². The van der Waals surface area contributed by atoms with Crippen LogP contribution in [0.3, 0.4) is 0 Å². The van der Waals surface area contributed by atoms with Gasteiger partial charge in [-0.3, -0.25) is 0 Å². The van der Waals surface area contributed by atoms with Gasteiger partial charge in [0, 0.05) is 19.6 Å². The molecular weight excluding hydrogens is 246 g/mol. The van der Waals surface area contributed by atoms with Gasteiger partial charge in [-0.2, -0.15) is 0 Å². The molecular formula is C14H22ClN3. The van der Waals surface area contributed by atoms with Crippen LogP contribution in [0.4, 0.5) is 5.82 Å². The fraction of sp³-hybridized carbons (Fsp3) is 0.643. The number of rotatable bonds is 3. The molecule has 2 heterocycles. The van der Waals surface area contributed by atoms with E-state index in [2.05, 4.69) is 23.7 Å². The lowest BCUT2D eigenvalue weighted by atomic mass is 9.87. The fourth-order valence-electron chi connectivity index (χ4n) is 2.59. The van der Waals surface area contributed by atoms with Crippen LogP contribution in [0.25, 0.3) is 0 Å². The summed E-state index contributed by atoms with van der Waals surface area (Å²) in [5.41, 5.74) is 6.44. The van der Waals surface area contributed by atoms with Crippen molar-refractivity contribution < 1.29 is 0 Å². The van der Waals surface area contributed by atoms with Crippen LogP contribution in [0.2, 0.25) is 5.02 Å². The van der Waals surface area contributed by atoms with Gasteiger partial charge in [-0.05, 0) is 36.8 Å². The predicted octanol–water partition coefficient (Wildman–Crippen LogP) is 3.07. The van der Waals surface area contributed by atoms with Gasteiger partial charge in [0.2, 0.25) is 0 Å². The molecule has 1 fully saturated rings. The van der Waals surface area contributed by atoms with Gasteiger partial charge in [0.1, 0.15) is 5.82 Å². The van der Waals surface area contributed by atoms with E-state index < -0.39 is 0 Å². The smallest absolute Gasteiger partial charge is 0.128 e. The van der Waals surface area contributed by atoms with Crippen molar-refractivity contribution in [2.24, 2.45) is 17.6 Å². The molecule has 0 unspecified atom stereocenters. The molecule has 0 aliphatic carbocycles. The number of pyridine rings is 1. The number of hydrogen-bond acceptors (Lipinski definition) is 3. The third-order valence-electron chi connectivity index (χ3n) is 3.90. The SMILES string of the molecule is CC(C)C1CCN(c2ccc(Cl)c(CN)n2)CC1. The van der Waals surface area contributed by atoms with Gasteiger partial charge < -0.3 is 10.6 Å². The average Bonchev–Trinajstić information content (AvgIpc) is 2.39. The second-order valence-corrected chi connectivity index (χ2v) is 5.78. The average molecular weight is 268 g/mol. The van der Waals surface area contributed by atoms with Crippen LogP contribution < -0.4 is 10.6 Å². The second kappa shape index (κ2) is 5.89. The minimum Gasteiger partial charge on any atom is -0.357 e. The summed E-state index contributed by atoms with van der Waals surface area (Å²) >= 11 is 6.04. The number of piperidine rings is 1. The van der Waals surface area contributed by atoms with Crippen molar-refractivity contribution in [3.05, 3.63) is 22.8 Å². The van der Waals surface area contributed by atoms with E-state index >= 15 is 0 Å². The van der Waals surface area contributed by atoms with E-state index in [1.807, 2.05) is 12.1 Å². The molecule has 4 heteroatoms. The van der Waals surface area contributed by atoms with E-state index in [1.54, 1.807) is 0 Å². The van der Waals surface area contributed by atoms with Crippen LogP contribution in [0, 0.1) is 11.8 Å². The predicted molar refractivity (Wildman–Crippen MR) is 76.9 cm³/mol. The number of halogens is 1. The molecule has 18 heavy (non-hydrogen) atoms. The molecule has 3 nitrogen and oxygen atoms in total. The van der Waals surface area contributed by atoms with E-state index in [0.717, 1.165) is 36.4 Å². The van der Waals surface area contributed by atoms with E-state index in [0.29, 0.717) is 11.6 Å². The summed E-state index contributed by atoms with van der Waals surface area (Å²) in [6.45, 7) is 7.19. The number of nitrogens with zero attached hydrogens (tertiary/aromatic N) is 2. The normalized spacial score (nSPS) is 17.5. The van der Waals surface area contributed by atoms with Gasteiger partial charge in [-0.25, -0.2) is 4.98 Å². The molecule has 2 N–H and O–H groups in total. The van der Waals surface area contributed by atoms with Crippen LogP contribution in [-0.2, 0) is 6.54 Å². The topological polar surface area (TPSA) is 42.1 Å². The molecule has 0 radical (unpaired) electrons. The van der Waals surface area contributed by atoms with Crippen LogP contribution >= 0.6 is 11.6 Å². The largest absolute Gasteiger partial charge is 0.357 e. The molecule has 0 bridgehead atoms. The summed E-state index contributed by atoms with van der Waals surface area (Å²) in [5, 5.41) is 0.665. The number of nitrogens with two attached hydrogens (primary N) is 1. The molecule has 2 rings (SSSR count). The summed E-state index contributed by atoms with van der Waals surface area (Å²) in [5.74, 6) is 2.65. The Hall–Kier alpha value is -0.800. The highest BCUT2D eigenvalue weighted by atomic mass is 35.5. The first-order valence-corrected chi connectivity index (χ1v) is 7.10. The zero-order valence-electron chi connectivity index (χ0n) is 11.2. The van der Waals surface area contributed by atoms with Crippen molar-refractivity contribution in [2.45, 2.75) is 33.2 Å². The minimum atomic E-state index is 0.398. The van der Waals surface area contributed by atoms with Gasteiger partial charge in [0.15, 0.2) is 0 Å². The van der Waals surface area contributed by atoms with Crippen LogP contribution in [0.5, 0.6) is 0 Å². The Bertz CT molecular complexity index is 398. The maximum absolute atomic E-state index is 6.04. The molecule has 1 saturated heterocycles. The van der Waals surface area contributed by atoms with Gasteiger partial charge in [0.05, 0.1) is 10.7 Å². The van der Waals surface area contributed by atoms with Gasteiger partial charge in [-0.1, -0.05) is 25.4 Å². The van der Waals surface area contributed by atoms with Crippen molar-refractivity contribution in [1.29, 1.82) is 0 Å². The Balaban J connectivity index is 2.05. The lowest BCUT2D eigenvalue weighted by Crippen LogP contribution is -2.35. The Kier molecular flexibility index (Phi) is 4.46. The van der Waals surface area contributed by atoms with Crippen LogP contribution in [0.1, 0.15) is 32.4 Å². The summed E-state index contributed by atoms with van der Waals surface area (Å²) < 4.78 is 0. The van der Waals surface area contributed by atoms with E-state index in [1.165, 1.54) is 12.8 Å². The monoisotopic (exact) mass is 267 g/mol. The number of anilines is 1. The lowest BCUT2D eigenvalue weighted by molar-refractivity contribution is 0.310. The van der Waals surface area contributed by atoms with Gasteiger partial charge in [0.25, 0.3) is 0 Å². The van der Waals surface area contributed by atoms with Crippen molar-refractivity contribution in [3.63, 3.8) is 0 Å². The molecule has 1 aliphatic rings. The summed E-state index contributed by atoms with van der Waals surface area (Å²) in [6.07, 6.45) is 2.50. The zero-order valence-corrected chi connectivity index (χ0v) is 12.0. The summed E-state index contributed by atoms with van der Waals surface area (Å²) in [6, 6.07) is 3.90. The Morgan fingerprint density at radius 1 is 1.39 bits per heavy atom. The Morgan fingerprint density at radius 3 is 2.61 bits per heavy atom. The van der Waals surface area contributed by atoms with Crippen molar-refractivity contribution in [2.75, 3.05) is 18.0 Å². The lowest BCUT2D eigenvalue weighted by Gasteiger charge is -2.34.